The van der Waals surface area contributed by atoms with Crippen LogP contribution in [0.3, 0.4) is 0 Å². The van der Waals surface area contributed by atoms with Crippen LogP contribution in [0, 0.1) is 27.7 Å². The summed E-state index contributed by atoms with van der Waals surface area (Å²) in [5.41, 5.74) is 6.76. The van der Waals surface area contributed by atoms with E-state index in [0.29, 0.717) is 0 Å². The van der Waals surface area contributed by atoms with Crippen molar-refractivity contribution in [2.75, 3.05) is 0 Å². The Morgan fingerprint density at radius 1 is 0.920 bits per heavy atom. The van der Waals surface area contributed by atoms with E-state index in [1.165, 1.54) is 17.0 Å². The molecule has 4 heterocycles. The minimum atomic E-state index is 0.805. The maximum absolute atomic E-state index is 4.85. The lowest BCUT2D eigenvalue weighted by Gasteiger charge is -2.05. The van der Waals surface area contributed by atoms with Crippen LogP contribution in [0.4, 0.5) is 0 Å². The summed E-state index contributed by atoms with van der Waals surface area (Å²) in [6, 6.07) is 2.21. The Morgan fingerprint density at radius 2 is 1.76 bits per heavy atom. The van der Waals surface area contributed by atoms with Gasteiger partial charge in [-0.15, -0.1) is 34.0 Å². The Balaban J connectivity index is 1.66. The Kier molecular flexibility index (Phi) is 4.31. The second-order valence-corrected chi connectivity index (χ2v) is 8.89. The van der Waals surface area contributed by atoms with Crippen molar-refractivity contribution >= 4 is 34.0 Å². The fourth-order valence-corrected chi connectivity index (χ4v) is 5.25. The summed E-state index contributed by atoms with van der Waals surface area (Å²) in [5.74, 6) is 0. The highest BCUT2D eigenvalue weighted by atomic mass is 32.1. The molecule has 0 aliphatic heterocycles. The predicted molar refractivity (Wildman–Crippen MR) is 106 cm³/mol. The van der Waals surface area contributed by atoms with Gasteiger partial charge in [-0.25, -0.2) is 15.0 Å². The van der Waals surface area contributed by atoms with E-state index >= 15 is 0 Å². The molecule has 4 nitrogen and oxygen atoms in total. The van der Waals surface area contributed by atoms with Crippen LogP contribution in [-0.2, 0) is 6.42 Å². The van der Waals surface area contributed by atoms with E-state index in [2.05, 4.69) is 50.6 Å². The fourth-order valence-electron chi connectivity index (χ4n) is 2.92. The lowest BCUT2D eigenvalue weighted by molar-refractivity contribution is 0.943. The Hall–Kier alpha value is -1.83. The van der Waals surface area contributed by atoms with Crippen molar-refractivity contribution in [2.45, 2.75) is 34.1 Å². The van der Waals surface area contributed by atoms with Crippen molar-refractivity contribution in [3.05, 3.63) is 55.0 Å². The van der Waals surface area contributed by atoms with Crippen LogP contribution in [0.1, 0.15) is 32.8 Å². The SMILES string of the molecule is Cc1csc(-n2c(C)cc(-c3csc(Cc4csc(C)n4)n3)c2C)n1. The molecule has 4 aromatic rings. The van der Waals surface area contributed by atoms with Gasteiger partial charge in [0.05, 0.1) is 27.1 Å². The van der Waals surface area contributed by atoms with Crippen LogP contribution < -0.4 is 0 Å². The van der Waals surface area contributed by atoms with Gasteiger partial charge in [0, 0.05) is 39.5 Å². The molecule has 0 saturated heterocycles. The lowest BCUT2D eigenvalue weighted by Crippen LogP contribution is -1.98. The number of thiazole rings is 3. The van der Waals surface area contributed by atoms with Crippen LogP contribution >= 0.6 is 34.0 Å². The highest BCUT2D eigenvalue weighted by Gasteiger charge is 2.16. The summed E-state index contributed by atoms with van der Waals surface area (Å²) in [6.07, 6.45) is 0.805. The summed E-state index contributed by atoms with van der Waals surface area (Å²) in [5, 5.41) is 9.59. The van der Waals surface area contributed by atoms with Gasteiger partial charge in [-0.3, -0.25) is 4.57 Å². The van der Waals surface area contributed by atoms with Gasteiger partial charge in [0.15, 0.2) is 5.13 Å². The fraction of sp³-hybridized carbons (Fsp3) is 0.278. The first-order chi connectivity index (χ1) is 12.0. The van der Waals surface area contributed by atoms with E-state index in [0.717, 1.165) is 38.6 Å². The standard InChI is InChI=1S/C18H18N4S3/c1-10-7-25-18(19-10)22-11(2)5-15(12(22)3)16-9-24-17(21-16)6-14-8-23-13(4)20-14/h5,7-9H,6H2,1-4H3. The van der Waals surface area contributed by atoms with Crippen molar-refractivity contribution in [1.29, 1.82) is 0 Å². The van der Waals surface area contributed by atoms with Crippen LogP contribution in [0.2, 0.25) is 0 Å². The molecule has 0 amide bonds. The third-order valence-corrected chi connectivity index (χ3v) is 6.67. The Labute approximate surface area is 158 Å². The number of hydrogen-bond acceptors (Lipinski definition) is 6. The second-order valence-electron chi connectivity index (χ2n) is 6.05. The van der Waals surface area contributed by atoms with Gasteiger partial charge in [-0.05, 0) is 33.8 Å². The summed E-state index contributed by atoms with van der Waals surface area (Å²) < 4.78 is 2.22. The molecule has 0 unspecified atom stereocenters. The van der Waals surface area contributed by atoms with Gasteiger partial charge in [0.1, 0.15) is 0 Å². The van der Waals surface area contributed by atoms with E-state index in [-0.39, 0.29) is 0 Å². The summed E-state index contributed by atoms with van der Waals surface area (Å²) in [6.45, 7) is 8.33. The molecule has 0 N–H and O–H groups in total. The molecule has 4 rings (SSSR count). The molecule has 0 bridgehead atoms. The first-order valence-corrected chi connectivity index (χ1v) is 10.6. The molecule has 0 aliphatic carbocycles. The number of aromatic nitrogens is 4. The van der Waals surface area contributed by atoms with Gasteiger partial charge in [-0.1, -0.05) is 0 Å². The highest BCUT2D eigenvalue weighted by Crippen LogP contribution is 2.31. The smallest absolute Gasteiger partial charge is 0.194 e. The molecule has 0 fully saturated rings. The number of aryl methyl sites for hydroxylation is 3. The maximum atomic E-state index is 4.85. The van der Waals surface area contributed by atoms with Crippen LogP contribution in [-0.4, -0.2) is 19.5 Å². The minimum Gasteiger partial charge on any atom is -0.294 e. The molecular formula is C18H18N4S3. The van der Waals surface area contributed by atoms with E-state index in [9.17, 15) is 0 Å². The average molecular weight is 387 g/mol. The summed E-state index contributed by atoms with van der Waals surface area (Å²) in [7, 11) is 0. The summed E-state index contributed by atoms with van der Waals surface area (Å²) in [4.78, 5) is 14.0. The van der Waals surface area contributed by atoms with E-state index in [1.807, 2.05) is 13.8 Å². The van der Waals surface area contributed by atoms with Gasteiger partial charge < -0.3 is 0 Å². The molecule has 0 aromatic carbocycles. The predicted octanol–water partition coefficient (Wildman–Crippen LogP) is 5.34. The van der Waals surface area contributed by atoms with Crippen molar-refractivity contribution in [2.24, 2.45) is 0 Å². The molecule has 0 atom stereocenters. The van der Waals surface area contributed by atoms with Crippen molar-refractivity contribution in [1.82, 2.24) is 19.5 Å². The topological polar surface area (TPSA) is 43.6 Å². The highest BCUT2D eigenvalue weighted by molar-refractivity contribution is 7.12. The number of nitrogens with zero attached hydrogens (tertiary/aromatic N) is 4. The average Bonchev–Trinajstić information content (AvgIpc) is 3.31. The zero-order valence-electron chi connectivity index (χ0n) is 14.5. The van der Waals surface area contributed by atoms with E-state index < -0.39 is 0 Å². The molecule has 128 valence electrons. The first-order valence-electron chi connectivity index (χ1n) is 7.98. The largest absolute Gasteiger partial charge is 0.294 e. The minimum absolute atomic E-state index is 0.805. The molecule has 4 aromatic heterocycles. The lowest BCUT2D eigenvalue weighted by atomic mass is 10.2. The van der Waals surface area contributed by atoms with Gasteiger partial charge in [0.25, 0.3) is 0 Å². The third kappa shape index (κ3) is 3.19. The van der Waals surface area contributed by atoms with Crippen LogP contribution in [0.15, 0.2) is 22.2 Å². The molecule has 7 heteroatoms. The number of hydrogen-bond donors (Lipinski definition) is 0. The molecular weight excluding hydrogens is 368 g/mol. The molecule has 25 heavy (non-hydrogen) atoms. The van der Waals surface area contributed by atoms with E-state index in [1.54, 1.807) is 34.0 Å². The summed E-state index contributed by atoms with van der Waals surface area (Å²) >= 11 is 5.07. The maximum Gasteiger partial charge on any atom is 0.194 e. The molecule has 0 aliphatic rings. The van der Waals surface area contributed by atoms with Gasteiger partial charge in [0.2, 0.25) is 0 Å². The van der Waals surface area contributed by atoms with Crippen molar-refractivity contribution < 1.29 is 0 Å². The van der Waals surface area contributed by atoms with Gasteiger partial charge >= 0.3 is 0 Å². The van der Waals surface area contributed by atoms with Crippen LogP contribution in [0.5, 0.6) is 0 Å². The Bertz CT molecular complexity index is 1030. The molecule has 0 spiro atoms. The number of rotatable bonds is 4. The first kappa shape index (κ1) is 16.6. The monoisotopic (exact) mass is 386 g/mol. The Morgan fingerprint density at radius 3 is 2.44 bits per heavy atom. The third-order valence-electron chi connectivity index (χ3n) is 4.06. The quantitative estimate of drug-likeness (QED) is 0.475. The second kappa shape index (κ2) is 6.48. The molecule has 0 radical (unpaired) electrons. The van der Waals surface area contributed by atoms with Gasteiger partial charge in [-0.2, -0.15) is 0 Å². The zero-order chi connectivity index (χ0) is 17.6. The normalized spacial score (nSPS) is 11.4. The zero-order valence-corrected chi connectivity index (χ0v) is 17.0. The van der Waals surface area contributed by atoms with E-state index in [4.69, 9.17) is 4.98 Å². The van der Waals surface area contributed by atoms with Crippen LogP contribution in [0.25, 0.3) is 16.4 Å². The molecule has 0 saturated carbocycles. The van der Waals surface area contributed by atoms with Crippen molar-refractivity contribution in [3.8, 4) is 16.4 Å². The van der Waals surface area contributed by atoms with Crippen molar-refractivity contribution in [3.63, 3.8) is 0 Å².